The maximum absolute atomic E-state index is 13.0. The molecule has 6 nitrogen and oxygen atoms in total. The molecular formula is C20H13NO5. The number of hydrogen-bond donors (Lipinski definition) is 1. The fourth-order valence-corrected chi connectivity index (χ4v) is 3.01. The van der Waals surface area contributed by atoms with E-state index in [1.165, 1.54) is 7.11 Å². The Kier molecular flexibility index (Phi) is 3.65. The van der Waals surface area contributed by atoms with E-state index in [0.29, 0.717) is 16.7 Å². The molecular weight excluding hydrogens is 334 g/mol. The highest BCUT2D eigenvalue weighted by molar-refractivity contribution is 6.04. The fraction of sp³-hybridized carbons (Fsp3) is 0.0500. The van der Waals surface area contributed by atoms with Crippen LogP contribution in [0, 0.1) is 0 Å². The van der Waals surface area contributed by atoms with Gasteiger partial charge in [0, 0.05) is 0 Å². The van der Waals surface area contributed by atoms with E-state index in [9.17, 15) is 14.7 Å². The molecule has 0 saturated carbocycles. The summed E-state index contributed by atoms with van der Waals surface area (Å²) in [6.45, 7) is 0. The molecule has 0 saturated heterocycles. The third-order valence-electron chi connectivity index (χ3n) is 4.13. The molecule has 2 aliphatic rings. The fourth-order valence-electron chi connectivity index (χ4n) is 3.01. The van der Waals surface area contributed by atoms with Gasteiger partial charge in [-0.3, -0.25) is 4.79 Å². The molecule has 4 rings (SSSR count). The van der Waals surface area contributed by atoms with Gasteiger partial charge in [0.15, 0.2) is 11.3 Å². The van der Waals surface area contributed by atoms with E-state index < -0.39 is 11.4 Å². The van der Waals surface area contributed by atoms with Crippen LogP contribution in [0.4, 0.5) is 0 Å². The van der Waals surface area contributed by atoms with Crippen molar-refractivity contribution in [2.24, 2.45) is 0 Å². The number of hydrogen-bond acceptors (Lipinski definition) is 5. The predicted octanol–water partition coefficient (Wildman–Crippen LogP) is 3.67. The lowest BCUT2D eigenvalue weighted by molar-refractivity contribution is 0.0698. The molecule has 26 heavy (non-hydrogen) atoms. The lowest BCUT2D eigenvalue weighted by atomic mass is 9.94. The van der Waals surface area contributed by atoms with Crippen LogP contribution < -0.4 is 10.2 Å². The summed E-state index contributed by atoms with van der Waals surface area (Å²) >= 11 is 0. The lowest BCUT2D eigenvalue weighted by Gasteiger charge is -2.16. The molecule has 0 fully saturated rings. The summed E-state index contributed by atoms with van der Waals surface area (Å²) in [6, 6.07) is 15.5. The Balaban J connectivity index is 2.25. The second kappa shape index (κ2) is 6.00. The molecule has 0 unspecified atom stereocenters. The van der Waals surface area contributed by atoms with Gasteiger partial charge < -0.3 is 14.3 Å². The largest absolute Gasteiger partial charge is 0.490 e. The Morgan fingerprint density at radius 1 is 1.08 bits per heavy atom. The van der Waals surface area contributed by atoms with Crippen LogP contribution in [-0.4, -0.2) is 23.2 Å². The zero-order valence-corrected chi connectivity index (χ0v) is 13.7. The van der Waals surface area contributed by atoms with Gasteiger partial charge in [0.05, 0.1) is 12.7 Å². The molecule has 0 aromatic heterocycles. The average molecular weight is 347 g/mol. The molecule has 0 atom stereocenters. The number of para-hydroxylation sites is 2. The van der Waals surface area contributed by atoms with Crippen LogP contribution in [0.1, 0.15) is 10.4 Å². The van der Waals surface area contributed by atoms with Gasteiger partial charge in [-0.15, -0.1) is 0 Å². The van der Waals surface area contributed by atoms with E-state index >= 15 is 0 Å². The Hall–Kier alpha value is -3.67. The van der Waals surface area contributed by atoms with Crippen LogP contribution in [0.2, 0.25) is 0 Å². The summed E-state index contributed by atoms with van der Waals surface area (Å²) < 4.78 is 11.0. The Bertz CT molecular complexity index is 1160. The van der Waals surface area contributed by atoms with E-state index in [-0.39, 0.29) is 28.3 Å². The van der Waals surface area contributed by atoms with Crippen molar-refractivity contribution < 1.29 is 19.1 Å². The number of benzene rings is 3. The van der Waals surface area contributed by atoms with E-state index in [1.807, 2.05) is 0 Å². The maximum atomic E-state index is 13.0. The minimum absolute atomic E-state index is 0.0216. The number of methoxy groups -OCH3 is 1. The van der Waals surface area contributed by atoms with Crippen molar-refractivity contribution >= 4 is 17.1 Å². The molecule has 2 aromatic rings. The van der Waals surface area contributed by atoms with Crippen LogP contribution in [-0.2, 0) is 0 Å². The number of ether oxygens (including phenoxy) is 1. The predicted molar refractivity (Wildman–Crippen MR) is 95.8 cm³/mol. The van der Waals surface area contributed by atoms with E-state index in [0.717, 1.165) is 0 Å². The first-order valence-corrected chi connectivity index (χ1v) is 7.84. The molecule has 0 bridgehead atoms. The van der Waals surface area contributed by atoms with Gasteiger partial charge in [0.1, 0.15) is 16.8 Å². The Morgan fingerprint density at radius 3 is 2.46 bits per heavy atom. The van der Waals surface area contributed by atoms with Crippen LogP contribution >= 0.6 is 0 Å². The summed E-state index contributed by atoms with van der Waals surface area (Å²) in [5.74, 6) is -1.30. The topological polar surface area (TPSA) is 89.6 Å². The van der Waals surface area contributed by atoms with E-state index in [4.69, 9.17) is 9.15 Å². The third-order valence-corrected chi connectivity index (χ3v) is 4.13. The molecule has 0 amide bonds. The quantitative estimate of drug-likeness (QED) is 0.569. The van der Waals surface area contributed by atoms with Crippen LogP contribution in [0.25, 0.3) is 33.7 Å². The minimum Gasteiger partial charge on any atom is -0.490 e. The van der Waals surface area contributed by atoms with Crippen molar-refractivity contribution in [2.45, 2.75) is 0 Å². The SMILES string of the molecule is COc1c2oc3ccccc3nc-2c(C(=O)O)c(-c2ccccc2)c1=O. The number of carboxylic acids is 1. The number of nitrogens with zero attached hydrogens (tertiary/aromatic N) is 1. The Morgan fingerprint density at radius 2 is 1.77 bits per heavy atom. The van der Waals surface area contributed by atoms with Gasteiger partial charge >= 0.3 is 5.97 Å². The molecule has 0 radical (unpaired) electrons. The van der Waals surface area contributed by atoms with Crippen molar-refractivity contribution in [3.05, 3.63) is 70.4 Å². The molecule has 1 N–H and O–H groups in total. The molecule has 1 aliphatic carbocycles. The first-order valence-electron chi connectivity index (χ1n) is 7.84. The molecule has 1 heterocycles. The zero-order valence-electron chi connectivity index (χ0n) is 13.7. The van der Waals surface area contributed by atoms with Gasteiger partial charge in [-0.05, 0) is 17.7 Å². The van der Waals surface area contributed by atoms with Crippen molar-refractivity contribution in [3.63, 3.8) is 0 Å². The van der Waals surface area contributed by atoms with E-state index in [2.05, 4.69) is 4.98 Å². The van der Waals surface area contributed by atoms with E-state index in [1.54, 1.807) is 54.6 Å². The highest BCUT2D eigenvalue weighted by Gasteiger charge is 2.31. The number of carboxylic acid groups (broad SMARTS) is 1. The summed E-state index contributed by atoms with van der Waals surface area (Å²) in [4.78, 5) is 29.5. The molecule has 2 aromatic carbocycles. The molecule has 1 aliphatic heterocycles. The summed E-state index contributed by atoms with van der Waals surface area (Å²) in [5, 5.41) is 9.82. The summed E-state index contributed by atoms with van der Waals surface area (Å²) in [5.41, 5.74) is 0.747. The van der Waals surface area contributed by atoms with Crippen molar-refractivity contribution in [2.75, 3.05) is 7.11 Å². The normalized spacial score (nSPS) is 11.0. The molecule has 0 spiro atoms. The van der Waals surface area contributed by atoms with Gasteiger partial charge in [-0.2, -0.15) is 0 Å². The number of carbonyl (C=O) groups is 1. The van der Waals surface area contributed by atoms with Gasteiger partial charge in [0.2, 0.25) is 11.2 Å². The van der Waals surface area contributed by atoms with Crippen molar-refractivity contribution in [1.82, 2.24) is 4.98 Å². The average Bonchev–Trinajstić information content (AvgIpc) is 2.66. The lowest BCUT2D eigenvalue weighted by Crippen LogP contribution is -2.18. The standard InChI is InChI=1S/C20H13NO5/c1-25-19-17(22)14(11-7-3-2-4-8-11)15(20(23)24)16-18(19)26-13-10-6-5-9-12(13)21-16/h2-10H,1H3,(H,23,24). The zero-order chi connectivity index (χ0) is 18.3. The maximum Gasteiger partial charge on any atom is 0.338 e. The number of fused-ring (bicyclic) bond motifs is 2. The number of aromatic carboxylic acids is 1. The summed E-state index contributed by atoms with van der Waals surface area (Å²) in [7, 11) is 1.34. The van der Waals surface area contributed by atoms with Crippen LogP contribution in [0.5, 0.6) is 5.75 Å². The Labute approximate surface area is 147 Å². The van der Waals surface area contributed by atoms with Crippen molar-refractivity contribution in [1.29, 1.82) is 0 Å². The van der Waals surface area contributed by atoms with Gasteiger partial charge in [-0.25, -0.2) is 9.78 Å². The highest BCUT2D eigenvalue weighted by Crippen LogP contribution is 2.38. The van der Waals surface area contributed by atoms with Crippen LogP contribution in [0.15, 0.2) is 63.8 Å². The molecule has 6 heteroatoms. The summed E-state index contributed by atoms with van der Waals surface area (Å²) in [6.07, 6.45) is 0. The van der Waals surface area contributed by atoms with Gasteiger partial charge in [-0.1, -0.05) is 42.5 Å². The minimum atomic E-state index is -1.26. The molecule has 128 valence electrons. The second-order valence-corrected chi connectivity index (χ2v) is 5.64. The third kappa shape index (κ3) is 2.31. The highest BCUT2D eigenvalue weighted by atomic mass is 16.5. The van der Waals surface area contributed by atoms with Crippen molar-refractivity contribution in [3.8, 4) is 28.3 Å². The first kappa shape index (κ1) is 15.8. The smallest absolute Gasteiger partial charge is 0.338 e. The number of aromatic nitrogens is 1. The van der Waals surface area contributed by atoms with Gasteiger partial charge in [0.25, 0.3) is 0 Å². The van der Waals surface area contributed by atoms with Crippen LogP contribution in [0.3, 0.4) is 0 Å². The number of rotatable bonds is 3. The monoisotopic (exact) mass is 347 g/mol. The second-order valence-electron chi connectivity index (χ2n) is 5.64. The first-order chi connectivity index (χ1) is 12.6.